The van der Waals surface area contributed by atoms with Crippen molar-refractivity contribution in [1.82, 2.24) is 4.90 Å². The Morgan fingerprint density at radius 3 is 2.85 bits per heavy atom. The summed E-state index contributed by atoms with van der Waals surface area (Å²) in [4.78, 5) is 14.0. The van der Waals surface area contributed by atoms with E-state index in [1.54, 1.807) is 13.2 Å². The van der Waals surface area contributed by atoms with Gasteiger partial charge in [-0.3, -0.25) is 4.79 Å². The van der Waals surface area contributed by atoms with Gasteiger partial charge in [0.15, 0.2) is 0 Å². The van der Waals surface area contributed by atoms with Crippen molar-refractivity contribution >= 4 is 12.0 Å². The van der Waals surface area contributed by atoms with Gasteiger partial charge in [0.25, 0.3) is 0 Å². The van der Waals surface area contributed by atoms with Crippen LogP contribution in [0.15, 0.2) is 30.3 Å². The number of carbonyl (C=O) groups excluding carboxylic acids is 1. The van der Waals surface area contributed by atoms with Crippen molar-refractivity contribution in [2.75, 3.05) is 26.7 Å². The Hall–Kier alpha value is -1.81. The number of carbonyl (C=O) groups is 1. The van der Waals surface area contributed by atoms with Gasteiger partial charge in [-0.1, -0.05) is 12.1 Å². The third-order valence-electron chi connectivity index (χ3n) is 3.70. The van der Waals surface area contributed by atoms with Crippen molar-refractivity contribution in [3.63, 3.8) is 0 Å². The molecule has 4 nitrogen and oxygen atoms in total. The highest BCUT2D eigenvalue weighted by Crippen LogP contribution is 2.16. The second kappa shape index (κ2) is 7.10. The van der Waals surface area contributed by atoms with Gasteiger partial charge in [-0.15, -0.1) is 0 Å². The molecule has 1 heterocycles. The molecule has 0 spiro atoms. The molecule has 1 aliphatic rings. The molecule has 0 aliphatic carbocycles. The van der Waals surface area contributed by atoms with E-state index in [9.17, 15) is 4.79 Å². The van der Waals surface area contributed by atoms with E-state index < -0.39 is 0 Å². The van der Waals surface area contributed by atoms with E-state index in [-0.39, 0.29) is 5.91 Å². The summed E-state index contributed by atoms with van der Waals surface area (Å²) in [6, 6.07) is 7.63. The molecular weight excluding hydrogens is 252 g/mol. The van der Waals surface area contributed by atoms with Crippen LogP contribution in [0.3, 0.4) is 0 Å². The summed E-state index contributed by atoms with van der Waals surface area (Å²) < 4.78 is 5.10. The van der Waals surface area contributed by atoms with Crippen molar-refractivity contribution in [3.05, 3.63) is 35.9 Å². The van der Waals surface area contributed by atoms with Crippen LogP contribution < -0.4 is 10.5 Å². The van der Waals surface area contributed by atoms with Crippen molar-refractivity contribution in [2.45, 2.75) is 12.8 Å². The predicted molar refractivity (Wildman–Crippen MR) is 80.4 cm³/mol. The Balaban J connectivity index is 1.94. The van der Waals surface area contributed by atoms with Crippen LogP contribution in [0.2, 0.25) is 0 Å². The topological polar surface area (TPSA) is 55.6 Å². The van der Waals surface area contributed by atoms with Gasteiger partial charge in [0, 0.05) is 19.2 Å². The first-order valence-electron chi connectivity index (χ1n) is 7.04. The molecule has 1 aliphatic heterocycles. The third kappa shape index (κ3) is 3.84. The van der Waals surface area contributed by atoms with Crippen molar-refractivity contribution in [2.24, 2.45) is 11.7 Å². The standard InChI is InChI=1S/C16H22N2O2/c1-20-15-7-4-13(5-8-15)6-9-16(19)18-10-2-3-14(11-17)12-18/h4-9,14H,2-3,10-12,17H2,1H3. The maximum absolute atomic E-state index is 12.1. The zero-order chi connectivity index (χ0) is 14.4. The summed E-state index contributed by atoms with van der Waals surface area (Å²) in [5.74, 6) is 1.33. The van der Waals surface area contributed by atoms with Gasteiger partial charge in [-0.25, -0.2) is 0 Å². The van der Waals surface area contributed by atoms with E-state index in [0.717, 1.165) is 37.2 Å². The fourth-order valence-electron chi connectivity index (χ4n) is 2.45. The lowest BCUT2D eigenvalue weighted by Crippen LogP contribution is -2.41. The van der Waals surface area contributed by atoms with Crippen molar-refractivity contribution in [1.29, 1.82) is 0 Å². The molecule has 2 N–H and O–H groups in total. The van der Waals surface area contributed by atoms with Gasteiger partial charge in [0.05, 0.1) is 7.11 Å². The summed E-state index contributed by atoms with van der Waals surface area (Å²) >= 11 is 0. The molecule has 20 heavy (non-hydrogen) atoms. The molecule has 0 radical (unpaired) electrons. The summed E-state index contributed by atoms with van der Waals surface area (Å²) in [6.45, 7) is 2.27. The first-order valence-corrected chi connectivity index (χ1v) is 7.04. The normalized spacial score (nSPS) is 19.3. The number of hydrogen-bond donors (Lipinski definition) is 1. The molecule has 1 aromatic rings. The second-order valence-corrected chi connectivity index (χ2v) is 5.13. The average molecular weight is 274 g/mol. The van der Waals surface area contributed by atoms with E-state index in [1.807, 2.05) is 35.2 Å². The fraction of sp³-hybridized carbons (Fsp3) is 0.438. The van der Waals surface area contributed by atoms with Crippen LogP contribution in [0.25, 0.3) is 6.08 Å². The van der Waals surface area contributed by atoms with Crippen LogP contribution in [0, 0.1) is 5.92 Å². The number of nitrogens with zero attached hydrogens (tertiary/aromatic N) is 1. The minimum absolute atomic E-state index is 0.0685. The summed E-state index contributed by atoms with van der Waals surface area (Å²) in [7, 11) is 1.64. The molecule has 0 saturated carbocycles. The molecule has 1 amide bonds. The number of amides is 1. The monoisotopic (exact) mass is 274 g/mol. The lowest BCUT2D eigenvalue weighted by atomic mass is 9.98. The lowest BCUT2D eigenvalue weighted by molar-refractivity contribution is -0.127. The number of hydrogen-bond acceptors (Lipinski definition) is 3. The number of methoxy groups -OCH3 is 1. The van der Waals surface area contributed by atoms with Crippen LogP contribution >= 0.6 is 0 Å². The minimum Gasteiger partial charge on any atom is -0.497 e. The average Bonchev–Trinajstić information content (AvgIpc) is 2.53. The predicted octanol–water partition coefficient (Wildman–Crippen LogP) is 1.91. The van der Waals surface area contributed by atoms with Crippen LogP contribution in [0.5, 0.6) is 5.75 Å². The minimum atomic E-state index is 0.0685. The zero-order valence-corrected chi connectivity index (χ0v) is 11.9. The molecule has 2 rings (SSSR count). The van der Waals surface area contributed by atoms with Gasteiger partial charge >= 0.3 is 0 Å². The quantitative estimate of drug-likeness (QED) is 0.853. The van der Waals surface area contributed by atoms with Crippen LogP contribution in [-0.4, -0.2) is 37.6 Å². The van der Waals surface area contributed by atoms with Crippen LogP contribution in [0.4, 0.5) is 0 Å². The lowest BCUT2D eigenvalue weighted by Gasteiger charge is -2.31. The third-order valence-corrected chi connectivity index (χ3v) is 3.70. The van der Waals surface area contributed by atoms with Crippen molar-refractivity contribution < 1.29 is 9.53 Å². The summed E-state index contributed by atoms with van der Waals surface area (Å²) in [5.41, 5.74) is 6.68. The number of piperidine rings is 1. The van der Waals surface area contributed by atoms with Crippen LogP contribution in [-0.2, 0) is 4.79 Å². The highest BCUT2D eigenvalue weighted by molar-refractivity contribution is 5.91. The van der Waals surface area contributed by atoms with E-state index in [2.05, 4.69) is 0 Å². The smallest absolute Gasteiger partial charge is 0.246 e. The Labute approximate surface area is 120 Å². The number of likely N-dealkylation sites (tertiary alicyclic amines) is 1. The zero-order valence-electron chi connectivity index (χ0n) is 11.9. The van der Waals surface area contributed by atoms with Crippen LogP contribution in [0.1, 0.15) is 18.4 Å². The highest BCUT2D eigenvalue weighted by Gasteiger charge is 2.20. The molecule has 1 aromatic carbocycles. The van der Waals surface area contributed by atoms with Gasteiger partial charge in [0.2, 0.25) is 5.91 Å². The Morgan fingerprint density at radius 2 is 2.20 bits per heavy atom. The van der Waals surface area contributed by atoms with E-state index in [0.29, 0.717) is 12.5 Å². The molecule has 1 unspecified atom stereocenters. The Kier molecular flexibility index (Phi) is 5.18. The van der Waals surface area contributed by atoms with E-state index in [4.69, 9.17) is 10.5 Å². The molecule has 0 bridgehead atoms. The first-order chi connectivity index (χ1) is 9.72. The molecular formula is C16H22N2O2. The molecule has 0 aromatic heterocycles. The SMILES string of the molecule is COc1ccc(C=CC(=O)N2CCCC(CN)C2)cc1. The maximum atomic E-state index is 12.1. The van der Waals surface area contributed by atoms with Crippen molar-refractivity contribution in [3.8, 4) is 5.75 Å². The second-order valence-electron chi connectivity index (χ2n) is 5.13. The largest absolute Gasteiger partial charge is 0.497 e. The summed E-state index contributed by atoms with van der Waals surface area (Å²) in [6.07, 6.45) is 5.65. The Morgan fingerprint density at radius 1 is 1.45 bits per heavy atom. The first kappa shape index (κ1) is 14.6. The molecule has 1 saturated heterocycles. The number of rotatable bonds is 4. The number of benzene rings is 1. The molecule has 1 atom stereocenters. The Bertz CT molecular complexity index is 468. The van der Waals surface area contributed by atoms with Gasteiger partial charge in [0.1, 0.15) is 5.75 Å². The highest BCUT2D eigenvalue weighted by atomic mass is 16.5. The molecule has 1 fully saturated rings. The maximum Gasteiger partial charge on any atom is 0.246 e. The number of ether oxygens (including phenoxy) is 1. The van der Waals surface area contributed by atoms with E-state index in [1.165, 1.54) is 0 Å². The molecule has 4 heteroatoms. The number of nitrogens with two attached hydrogens (primary N) is 1. The fourth-order valence-corrected chi connectivity index (χ4v) is 2.45. The summed E-state index contributed by atoms with van der Waals surface area (Å²) in [5, 5.41) is 0. The van der Waals surface area contributed by atoms with Gasteiger partial charge in [-0.2, -0.15) is 0 Å². The van der Waals surface area contributed by atoms with Gasteiger partial charge < -0.3 is 15.4 Å². The van der Waals surface area contributed by atoms with Gasteiger partial charge in [-0.05, 0) is 49.1 Å². The van der Waals surface area contributed by atoms with E-state index >= 15 is 0 Å². The molecule has 108 valence electrons.